The highest BCUT2D eigenvalue weighted by Crippen LogP contribution is 2.20. The Morgan fingerprint density at radius 2 is 1.68 bits per heavy atom. The van der Waals surface area contributed by atoms with Crippen molar-refractivity contribution < 1.29 is 4.79 Å². The van der Waals surface area contributed by atoms with Crippen molar-refractivity contribution in [1.82, 2.24) is 5.43 Å². The van der Waals surface area contributed by atoms with Gasteiger partial charge in [0.05, 0.1) is 6.21 Å². The van der Waals surface area contributed by atoms with E-state index in [0.29, 0.717) is 5.56 Å². The van der Waals surface area contributed by atoms with Crippen LogP contribution in [-0.2, 0) is 0 Å². The summed E-state index contributed by atoms with van der Waals surface area (Å²) in [6.07, 6.45) is 4.13. The van der Waals surface area contributed by atoms with Gasteiger partial charge < -0.3 is 4.90 Å². The van der Waals surface area contributed by atoms with Gasteiger partial charge in [-0.2, -0.15) is 5.10 Å². The van der Waals surface area contributed by atoms with Crippen molar-refractivity contribution in [2.75, 3.05) is 18.0 Å². The van der Waals surface area contributed by atoms with Crippen LogP contribution in [0.5, 0.6) is 0 Å². The van der Waals surface area contributed by atoms with Gasteiger partial charge in [-0.3, -0.25) is 4.79 Å². The van der Waals surface area contributed by atoms with Crippen LogP contribution in [-0.4, -0.2) is 25.2 Å². The largest absolute Gasteiger partial charge is 0.372 e. The van der Waals surface area contributed by atoms with E-state index in [2.05, 4.69) is 15.4 Å². The van der Waals surface area contributed by atoms with E-state index in [0.717, 1.165) is 18.7 Å². The molecule has 0 atom stereocenters. The lowest BCUT2D eigenvalue weighted by molar-refractivity contribution is 0.0955. The Morgan fingerprint density at radius 1 is 1.00 bits per heavy atom. The van der Waals surface area contributed by atoms with E-state index >= 15 is 0 Å². The molecule has 4 heteroatoms. The number of hydrazone groups is 1. The first-order chi connectivity index (χ1) is 10.8. The first kappa shape index (κ1) is 14.3. The summed E-state index contributed by atoms with van der Waals surface area (Å²) in [5.41, 5.74) is 5.31. The van der Waals surface area contributed by atoms with E-state index in [9.17, 15) is 4.79 Å². The van der Waals surface area contributed by atoms with Crippen LogP contribution in [0.15, 0.2) is 59.7 Å². The van der Waals surface area contributed by atoms with Gasteiger partial charge in [-0.1, -0.05) is 30.3 Å². The summed E-state index contributed by atoms with van der Waals surface area (Å²) in [7, 11) is 0. The van der Waals surface area contributed by atoms with E-state index in [4.69, 9.17) is 0 Å². The topological polar surface area (TPSA) is 44.7 Å². The molecule has 1 aliphatic rings. The minimum Gasteiger partial charge on any atom is -0.372 e. The summed E-state index contributed by atoms with van der Waals surface area (Å²) in [4.78, 5) is 14.4. The lowest BCUT2D eigenvalue weighted by atomic mass is 10.2. The molecule has 0 unspecified atom stereocenters. The zero-order chi connectivity index (χ0) is 15.2. The molecule has 3 rings (SSSR count). The van der Waals surface area contributed by atoms with E-state index in [1.165, 1.54) is 18.5 Å². The van der Waals surface area contributed by atoms with Crippen LogP contribution in [0.4, 0.5) is 5.69 Å². The number of nitrogens with zero attached hydrogens (tertiary/aromatic N) is 2. The van der Waals surface area contributed by atoms with Crippen molar-refractivity contribution in [3.63, 3.8) is 0 Å². The number of carbonyl (C=O) groups excluding carboxylic acids is 1. The molecule has 1 heterocycles. The maximum atomic E-state index is 12.0. The van der Waals surface area contributed by atoms with Crippen LogP contribution < -0.4 is 10.3 Å². The van der Waals surface area contributed by atoms with Crippen LogP contribution in [0.3, 0.4) is 0 Å². The molecule has 0 radical (unpaired) electrons. The minimum atomic E-state index is -0.194. The van der Waals surface area contributed by atoms with Gasteiger partial charge in [0, 0.05) is 24.3 Å². The molecule has 1 saturated heterocycles. The first-order valence-electron chi connectivity index (χ1n) is 7.56. The monoisotopic (exact) mass is 293 g/mol. The SMILES string of the molecule is O=C(N/N=C\c1ccccc1)c1ccc(N2CCCC2)cc1. The number of nitrogens with one attached hydrogen (secondary N) is 1. The quantitative estimate of drug-likeness (QED) is 0.695. The maximum Gasteiger partial charge on any atom is 0.271 e. The standard InChI is InChI=1S/C18H19N3O/c22-18(20-19-14-15-6-2-1-3-7-15)16-8-10-17(11-9-16)21-12-4-5-13-21/h1-3,6-11,14H,4-5,12-13H2,(H,20,22)/b19-14-. The zero-order valence-corrected chi connectivity index (χ0v) is 12.4. The van der Waals surface area contributed by atoms with Crippen molar-refractivity contribution in [3.8, 4) is 0 Å². The average molecular weight is 293 g/mol. The Kier molecular flexibility index (Phi) is 4.49. The molecule has 1 aliphatic heterocycles. The molecule has 0 bridgehead atoms. The first-order valence-corrected chi connectivity index (χ1v) is 7.56. The average Bonchev–Trinajstić information content (AvgIpc) is 3.10. The molecular weight excluding hydrogens is 274 g/mol. The summed E-state index contributed by atoms with van der Waals surface area (Å²) < 4.78 is 0. The number of hydrogen-bond acceptors (Lipinski definition) is 3. The number of benzene rings is 2. The molecular formula is C18H19N3O. The van der Waals surface area contributed by atoms with Crippen molar-refractivity contribution in [2.24, 2.45) is 5.10 Å². The fourth-order valence-corrected chi connectivity index (χ4v) is 2.57. The van der Waals surface area contributed by atoms with Crippen molar-refractivity contribution in [3.05, 3.63) is 65.7 Å². The van der Waals surface area contributed by atoms with Gasteiger partial charge in [-0.15, -0.1) is 0 Å². The lowest BCUT2D eigenvalue weighted by Gasteiger charge is -2.17. The van der Waals surface area contributed by atoms with Crippen LogP contribution in [0.25, 0.3) is 0 Å². The van der Waals surface area contributed by atoms with Crippen LogP contribution >= 0.6 is 0 Å². The normalized spacial score (nSPS) is 14.5. The van der Waals surface area contributed by atoms with Gasteiger partial charge >= 0.3 is 0 Å². The predicted molar refractivity (Wildman–Crippen MR) is 89.4 cm³/mol. The highest BCUT2D eigenvalue weighted by molar-refractivity contribution is 5.95. The smallest absolute Gasteiger partial charge is 0.271 e. The van der Waals surface area contributed by atoms with Crippen molar-refractivity contribution in [2.45, 2.75) is 12.8 Å². The number of carbonyl (C=O) groups is 1. The molecule has 1 fully saturated rings. The van der Waals surface area contributed by atoms with Gasteiger partial charge in [0.25, 0.3) is 5.91 Å². The summed E-state index contributed by atoms with van der Waals surface area (Å²) in [6.45, 7) is 2.21. The van der Waals surface area contributed by atoms with Gasteiger partial charge in [-0.05, 0) is 42.7 Å². The number of amides is 1. The summed E-state index contributed by atoms with van der Waals surface area (Å²) in [5, 5.41) is 3.98. The second-order valence-corrected chi connectivity index (χ2v) is 5.35. The number of anilines is 1. The molecule has 0 spiro atoms. The Bertz CT molecular complexity index is 644. The summed E-state index contributed by atoms with van der Waals surface area (Å²) in [5.74, 6) is -0.194. The Hall–Kier alpha value is -2.62. The van der Waals surface area contributed by atoms with Crippen molar-refractivity contribution >= 4 is 17.8 Å². The fraction of sp³-hybridized carbons (Fsp3) is 0.222. The van der Waals surface area contributed by atoms with Crippen LogP contribution in [0, 0.1) is 0 Å². The molecule has 0 aliphatic carbocycles. The molecule has 1 amide bonds. The minimum absolute atomic E-state index is 0.194. The lowest BCUT2D eigenvalue weighted by Crippen LogP contribution is -2.19. The Morgan fingerprint density at radius 3 is 2.36 bits per heavy atom. The van der Waals surface area contributed by atoms with E-state index in [1.54, 1.807) is 6.21 Å². The highest BCUT2D eigenvalue weighted by atomic mass is 16.2. The molecule has 0 aromatic heterocycles. The molecule has 2 aromatic carbocycles. The second kappa shape index (κ2) is 6.89. The third-order valence-electron chi connectivity index (χ3n) is 3.78. The van der Waals surface area contributed by atoms with Crippen molar-refractivity contribution in [1.29, 1.82) is 0 Å². The summed E-state index contributed by atoms with van der Waals surface area (Å²) >= 11 is 0. The summed E-state index contributed by atoms with van der Waals surface area (Å²) in [6, 6.07) is 17.4. The van der Waals surface area contributed by atoms with Gasteiger partial charge in [-0.25, -0.2) is 5.43 Å². The highest BCUT2D eigenvalue weighted by Gasteiger charge is 2.12. The molecule has 0 saturated carbocycles. The van der Waals surface area contributed by atoms with Gasteiger partial charge in [0.2, 0.25) is 0 Å². The molecule has 4 nitrogen and oxygen atoms in total. The molecule has 112 valence electrons. The van der Waals surface area contributed by atoms with E-state index in [-0.39, 0.29) is 5.91 Å². The third-order valence-corrected chi connectivity index (χ3v) is 3.78. The van der Waals surface area contributed by atoms with Gasteiger partial charge in [0.1, 0.15) is 0 Å². The number of hydrogen-bond donors (Lipinski definition) is 1. The second-order valence-electron chi connectivity index (χ2n) is 5.35. The Balaban J connectivity index is 1.59. The number of rotatable bonds is 4. The predicted octanol–water partition coefficient (Wildman–Crippen LogP) is 3.05. The molecule has 22 heavy (non-hydrogen) atoms. The zero-order valence-electron chi connectivity index (χ0n) is 12.4. The molecule has 2 aromatic rings. The van der Waals surface area contributed by atoms with E-state index < -0.39 is 0 Å². The van der Waals surface area contributed by atoms with Crippen LogP contribution in [0.2, 0.25) is 0 Å². The fourth-order valence-electron chi connectivity index (χ4n) is 2.57. The van der Waals surface area contributed by atoms with E-state index in [1.807, 2.05) is 54.6 Å². The van der Waals surface area contributed by atoms with Crippen LogP contribution in [0.1, 0.15) is 28.8 Å². The molecule has 1 N–H and O–H groups in total. The third kappa shape index (κ3) is 3.52. The Labute approximate surface area is 130 Å². The maximum absolute atomic E-state index is 12.0. The van der Waals surface area contributed by atoms with Gasteiger partial charge in [0.15, 0.2) is 0 Å².